The van der Waals surface area contributed by atoms with Crippen LogP contribution in [-0.2, 0) is 14.4 Å². The lowest BCUT2D eigenvalue weighted by molar-refractivity contribution is -0.144. The van der Waals surface area contributed by atoms with E-state index in [-0.39, 0.29) is 48.6 Å². The summed E-state index contributed by atoms with van der Waals surface area (Å²) in [5.41, 5.74) is 1.80. The fraction of sp³-hybridized carbons (Fsp3) is 0.450. The predicted molar refractivity (Wildman–Crippen MR) is 93.6 cm³/mol. The van der Waals surface area contributed by atoms with E-state index in [1.165, 1.54) is 0 Å². The number of likely N-dealkylation sites (tertiary alicyclic amines) is 1. The van der Waals surface area contributed by atoms with Gasteiger partial charge in [0.15, 0.2) is 0 Å². The minimum atomic E-state index is -0.830. The lowest BCUT2D eigenvalue weighted by Gasteiger charge is -2.18. The van der Waals surface area contributed by atoms with Crippen LogP contribution in [0.1, 0.15) is 23.7 Å². The molecule has 4 rings (SSSR count). The summed E-state index contributed by atoms with van der Waals surface area (Å²) < 4.78 is 0. The van der Waals surface area contributed by atoms with Crippen molar-refractivity contribution in [1.29, 1.82) is 0 Å². The van der Waals surface area contributed by atoms with E-state index in [1.807, 2.05) is 43.3 Å². The normalized spacial score (nSPS) is 30.0. The standard InChI is InChI=1S/C20H22N2O4/c1-11-2-4-12(5-3-11)15(23)9-21-16(24)10-22-19(25)17-13-6-7-14(8-13)18(17)20(22)26/h2-7,13-15,17-18,23H,8-10H2,1H3,(H,21,24). The molecule has 0 aromatic heterocycles. The Morgan fingerprint density at radius 3 is 2.31 bits per heavy atom. The maximum atomic E-state index is 12.6. The van der Waals surface area contributed by atoms with Crippen LogP contribution >= 0.6 is 0 Å². The number of carbonyl (C=O) groups excluding carboxylic acids is 3. The molecule has 1 aromatic rings. The van der Waals surface area contributed by atoms with E-state index >= 15 is 0 Å². The number of nitrogens with one attached hydrogen (secondary N) is 1. The van der Waals surface area contributed by atoms with Gasteiger partial charge in [-0.1, -0.05) is 42.0 Å². The highest BCUT2D eigenvalue weighted by molar-refractivity contribution is 6.08. The second-order valence-corrected chi connectivity index (χ2v) is 7.49. The van der Waals surface area contributed by atoms with Gasteiger partial charge in [0, 0.05) is 6.54 Å². The van der Waals surface area contributed by atoms with E-state index in [2.05, 4.69) is 5.32 Å². The molecule has 6 nitrogen and oxygen atoms in total. The zero-order valence-corrected chi connectivity index (χ0v) is 14.6. The quantitative estimate of drug-likeness (QED) is 0.609. The van der Waals surface area contributed by atoms with Crippen LogP contribution in [0, 0.1) is 30.6 Å². The van der Waals surface area contributed by atoms with Gasteiger partial charge in [-0.3, -0.25) is 19.3 Å². The first kappa shape index (κ1) is 17.0. The third-order valence-corrected chi connectivity index (χ3v) is 5.82. The number of benzene rings is 1. The topological polar surface area (TPSA) is 86.7 Å². The SMILES string of the molecule is Cc1ccc(C(O)CNC(=O)CN2C(=O)C3C4C=CC(C4)C3C2=O)cc1. The van der Waals surface area contributed by atoms with Crippen molar-refractivity contribution in [3.05, 3.63) is 47.5 Å². The van der Waals surface area contributed by atoms with Gasteiger partial charge in [-0.15, -0.1) is 0 Å². The van der Waals surface area contributed by atoms with Gasteiger partial charge < -0.3 is 10.4 Å². The zero-order chi connectivity index (χ0) is 18.4. The van der Waals surface area contributed by atoms with Gasteiger partial charge in [-0.05, 0) is 30.7 Å². The molecule has 5 unspecified atom stereocenters. The molecule has 1 saturated heterocycles. The number of allylic oxidation sites excluding steroid dienone is 2. The van der Waals surface area contributed by atoms with E-state index in [1.54, 1.807) is 0 Å². The molecular weight excluding hydrogens is 332 g/mol. The van der Waals surface area contributed by atoms with Gasteiger partial charge in [0.1, 0.15) is 6.54 Å². The molecular formula is C20H22N2O4. The Bertz CT molecular complexity index is 756. The van der Waals surface area contributed by atoms with E-state index < -0.39 is 12.0 Å². The van der Waals surface area contributed by atoms with Gasteiger partial charge >= 0.3 is 0 Å². The second kappa shape index (κ2) is 6.36. The second-order valence-electron chi connectivity index (χ2n) is 7.49. The van der Waals surface area contributed by atoms with Gasteiger partial charge in [-0.2, -0.15) is 0 Å². The molecule has 3 amide bonds. The summed E-state index contributed by atoms with van der Waals surface area (Å²) >= 11 is 0. The van der Waals surface area contributed by atoms with Crippen LogP contribution in [0.5, 0.6) is 0 Å². The van der Waals surface area contributed by atoms with Crippen molar-refractivity contribution in [3.63, 3.8) is 0 Å². The number of nitrogens with zero attached hydrogens (tertiary/aromatic N) is 1. The number of carbonyl (C=O) groups is 3. The predicted octanol–water partition coefficient (Wildman–Crippen LogP) is 0.952. The summed E-state index contributed by atoms with van der Waals surface area (Å²) in [6, 6.07) is 7.40. The van der Waals surface area contributed by atoms with Crippen LogP contribution in [0.25, 0.3) is 0 Å². The molecule has 2 fully saturated rings. The minimum Gasteiger partial charge on any atom is -0.387 e. The molecule has 1 aromatic carbocycles. The highest BCUT2D eigenvalue weighted by Gasteiger charge is 2.59. The first-order valence-corrected chi connectivity index (χ1v) is 9.00. The summed E-state index contributed by atoms with van der Waals surface area (Å²) in [5.74, 6) is -1.20. The molecule has 5 atom stereocenters. The molecule has 26 heavy (non-hydrogen) atoms. The van der Waals surface area contributed by atoms with E-state index in [4.69, 9.17) is 0 Å². The van der Waals surface area contributed by atoms with Crippen molar-refractivity contribution >= 4 is 17.7 Å². The molecule has 1 aliphatic heterocycles. The van der Waals surface area contributed by atoms with Gasteiger partial charge in [-0.25, -0.2) is 0 Å². The number of aryl methyl sites for hydroxylation is 1. The van der Waals surface area contributed by atoms with Crippen molar-refractivity contribution in [3.8, 4) is 0 Å². The smallest absolute Gasteiger partial charge is 0.240 e. The summed E-state index contributed by atoms with van der Waals surface area (Å²) in [4.78, 5) is 38.4. The molecule has 2 aliphatic carbocycles. The maximum Gasteiger partial charge on any atom is 0.240 e. The van der Waals surface area contributed by atoms with Crippen molar-refractivity contribution < 1.29 is 19.5 Å². The lowest BCUT2D eigenvalue weighted by Crippen LogP contribution is -2.42. The zero-order valence-electron chi connectivity index (χ0n) is 14.6. The van der Waals surface area contributed by atoms with Crippen LogP contribution in [0.4, 0.5) is 0 Å². The number of rotatable bonds is 5. The molecule has 6 heteroatoms. The highest BCUT2D eigenvalue weighted by Crippen LogP contribution is 2.52. The summed E-state index contributed by atoms with van der Waals surface area (Å²) in [6.07, 6.45) is 4.09. The average molecular weight is 354 g/mol. The number of aliphatic hydroxyl groups is 1. The Labute approximate surface area is 151 Å². The summed E-state index contributed by atoms with van der Waals surface area (Å²) in [5, 5.41) is 12.8. The van der Waals surface area contributed by atoms with Crippen molar-refractivity contribution in [2.45, 2.75) is 19.4 Å². The van der Waals surface area contributed by atoms with E-state index in [9.17, 15) is 19.5 Å². The van der Waals surface area contributed by atoms with Gasteiger partial charge in [0.05, 0.1) is 17.9 Å². The molecule has 0 spiro atoms. The van der Waals surface area contributed by atoms with Crippen molar-refractivity contribution in [1.82, 2.24) is 10.2 Å². The fourth-order valence-electron chi connectivity index (χ4n) is 4.44. The number of aliphatic hydroxyl groups excluding tert-OH is 1. The third-order valence-electron chi connectivity index (χ3n) is 5.82. The monoisotopic (exact) mass is 354 g/mol. The Morgan fingerprint density at radius 2 is 1.73 bits per heavy atom. The number of amides is 3. The molecule has 1 heterocycles. The van der Waals surface area contributed by atoms with E-state index in [0.717, 1.165) is 16.9 Å². The van der Waals surface area contributed by atoms with Gasteiger partial charge in [0.25, 0.3) is 0 Å². The summed E-state index contributed by atoms with van der Waals surface area (Å²) in [7, 11) is 0. The summed E-state index contributed by atoms with van der Waals surface area (Å²) in [6.45, 7) is 1.72. The van der Waals surface area contributed by atoms with Crippen LogP contribution in [0.15, 0.2) is 36.4 Å². The molecule has 1 saturated carbocycles. The Hall–Kier alpha value is -2.47. The lowest BCUT2D eigenvalue weighted by atomic mass is 9.85. The minimum absolute atomic E-state index is 0.0395. The third kappa shape index (κ3) is 2.74. The molecule has 136 valence electrons. The maximum absolute atomic E-state index is 12.6. The first-order valence-electron chi connectivity index (χ1n) is 9.00. The number of hydrogen-bond donors (Lipinski definition) is 2. The average Bonchev–Trinajstić information content (AvgIpc) is 3.30. The largest absolute Gasteiger partial charge is 0.387 e. The molecule has 3 aliphatic rings. The number of imide groups is 1. The van der Waals surface area contributed by atoms with E-state index in [0.29, 0.717) is 5.56 Å². The Morgan fingerprint density at radius 1 is 1.15 bits per heavy atom. The fourth-order valence-corrected chi connectivity index (χ4v) is 4.44. The molecule has 2 N–H and O–H groups in total. The Kier molecular flexibility index (Phi) is 4.15. The molecule has 0 radical (unpaired) electrons. The van der Waals surface area contributed by atoms with Crippen LogP contribution < -0.4 is 5.32 Å². The number of hydrogen-bond acceptors (Lipinski definition) is 4. The van der Waals surface area contributed by atoms with Crippen LogP contribution in [-0.4, -0.2) is 40.8 Å². The van der Waals surface area contributed by atoms with Crippen LogP contribution in [0.2, 0.25) is 0 Å². The van der Waals surface area contributed by atoms with Crippen LogP contribution in [0.3, 0.4) is 0 Å². The van der Waals surface area contributed by atoms with Crippen molar-refractivity contribution in [2.75, 3.05) is 13.1 Å². The number of fused-ring (bicyclic) bond motifs is 5. The first-order chi connectivity index (χ1) is 12.5. The molecule has 2 bridgehead atoms. The highest BCUT2D eigenvalue weighted by atomic mass is 16.3. The van der Waals surface area contributed by atoms with Gasteiger partial charge in [0.2, 0.25) is 17.7 Å². The van der Waals surface area contributed by atoms with Crippen molar-refractivity contribution in [2.24, 2.45) is 23.7 Å². The Balaban J connectivity index is 1.33.